The lowest BCUT2D eigenvalue weighted by Gasteiger charge is -2.14. The molecule has 1 unspecified atom stereocenters. The van der Waals surface area contributed by atoms with Crippen LogP contribution in [0.3, 0.4) is 0 Å². The fraction of sp³-hybridized carbons (Fsp3) is 0.600. The Morgan fingerprint density at radius 3 is 2.53 bits per heavy atom. The number of aliphatic hydroxyl groups is 1. The van der Waals surface area contributed by atoms with Crippen molar-refractivity contribution in [2.45, 2.75) is 33.3 Å². The van der Waals surface area contributed by atoms with Crippen LogP contribution in [0.2, 0.25) is 0 Å². The van der Waals surface area contributed by atoms with Gasteiger partial charge in [-0.3, -0.25) is 0 Å². The van der Waals surface area contributed by atoms with Crippen molar-refractivity contribution in [1.82, 2.24) is 0 Å². The van der Waals surface area contributed by atoms with E-state index in [0.29, 0.717) is 37.1 Å². The molecule has 0 spiro atoms. The molecule has 3 nitrogen and oxygen atoms in total. The summed E-state index contributed by atoms with van der Waals surface area (Å²) in [6.07, 6.45) is 0.266. The van der Waals surface area contributed by atoms with Gasteiger partial charge in [-0.2, -0.15) is 0 Å². The minimum absolute atomic E-state index is 0.378. The molecule has 0 heterocycles. The van der Waals surface area contributed by atoms with Gasteiger partial charge in [-0.15, -0.1) is 0 Å². The largest absolute Gasteiger partial charge is 0.491 e. The normalized spacial score (nSPS) is 12.7. The van der Waals surface area contributed by atoms with Gasteiger partial charge >= 0.3 is 0 Å². The van der Waals surface area contributed by atoms with E-state index in [1.54, 1.807) is 6.92 Å². The van der Waals surface area contributed by atoms with Gasteiger partial charge in [0, 0.05) is 12.2 Å². The minimum Gasteiger partial charge on any atom is -0.491 e. The third kappa shape index (κ3) is 6.03. The van der Waals surface area contributed by atoms with Crippen LogP contribution in [0.5, 0.6) is 5.75 Å². The zero-order valence-electron chi connectivity index (χ0n) is 11.9. The Bertz CT molecular complexity index is 378. The summed E-state index contributed by atoms with van der Waals surface area (Å²) in [5, 5.41) is 9.55. The van der Waals surface area contributed by atoms with Crippen molar-refractivity contribution in [3.05, 3.63) is 29.6 Å². The van der Waals surface area contributed by atoms with E-state index in [1.165, 1.54) is 18.2 Å². The number of aliphatic hydroxyl groups excluding tert-OH is 1. The van der Waals surface area contributed by atoms with Gasteiger partial charge in [0.15, 0.2) is 0 Å². The molecule has 0 bridgehead atoms. The topological polar surface area (TPSA) is 38.7 Å². The first-order chi connectivity index (χ1) is 9.00. The average molecular weight is 270 g/mol. The number of ether oxygens (including phenoxy) is 2. The van der Waals surface area contributed by atoms with Crippen LogP contribution in [0.15, 0.2) is 18.2 Å². The Labute approximate surface area is 114 Å². The van der Waals surface area contributed by atoms with E-state index in [0.717, 1.165) is 6.42 Å². The molecule has 0 aliphatic heterocycles. The first-order valence-electron chi connectivity index (χ1n) is 6.68. The fourth-order valence-electron chi connectivity index (χ4n) is 1.61. The molecule has 0 amide bonds. The quantitative estimate of drug-likeness (QED) is 0.736. The third-order valence-electron chi connectivity index (χ3n) is 2.75. The molecule has 1 aromatic carbocycles. The van der Waals surface area contributed by atoms with Gasteiger partial charge < -0.3 is 14.6 Å². The third-order valence-corrected chi connectivity index (χ3v) is 2.75. The fourth-order valence-corrected chi connectivity index (χ4v) is 1.61. The highest BCUT2D eigenvalue weighted by molar-refractivity contribution is 5.35. The standard InChI is InChI=1S/C15H23FO3/c1-11(2)6-7-18-8-9-19-15-5-4-13(16)10-14(15)12(3)17/h4-5,10-12,17H,6-9H2,1-3H3. The Kier molecular flexibility index (Phi) is 6.81. The van der Waals surface area contributed by atoms with E-state index in [4.69, 9.17) is 9.47 Å². The van der Waals surface area contributed by atoms with Crippen molar-refractivity contribution >= 4 is 0 Å². The summed E-state index contributed by atoms with van der Waals surface area (Å²) in [6.45, 7) is 7.47. The van der Waals surface area contributed by atoms with Crippen LogP contribution >= 0.6 is 0 Å². The lowest BCUT2D eigenvalue weighted by Crippen LogP contribution is -2.10. The van der Waals surface area contributed by atoms with E-state index in [9.17, 15) is 9.50 Å². The van der Waals surface area contributed by atoms with Crippen LogP contribution in [-0.2, 0) is 4.74 Å². The molecule has 0 aliphatic carbocycles. The van der Waals surface area contributed by atoms with Gasteiger partial charge in [0.1, 0.15) is 18.2 Å². The Balaban J connectivity index is 2.37. The van der Waals surface area contributed by atoms with Gasteiger partial charge in [0.05, 0.1) is 12.7 Å². The SMILES string of the molecule is CC(C)CCOCCOc1ccc(F)cc1C(C)O. The summed E-state index contributed by atoms with van der Waals surface area (Å²) >= 11 is 0. The van der Waals surface area contributed by atoms with Crippen molar-refractivity contribution in [1.29, 1.82) is 0 Å². The maximum atomic E-state index is 13.1. The number of hydrogen-bond acceptors (Lipinski definition) is 3. The molecule has 4 heteroatoms. The Hall–Kier alpha value is -1.13. The average Bonchev–Trinajstić information content (AvgIpc) is 2.34. The summed E-state index contributed by atoms with van der Waals surface area (Å²) < 4.78 is 24.0. The summed E-state index contributed by atoms with van der Waals surface area (Å²) in [7, 11) is 0. The van der Waals surface area contributed by atoms with Gasteiger partial charge in [0.2, 0.25) is 0 Å². The van der Waals surface area contributed by atoms with Crippen molar-refractivity contribution in [3.8, 4) is 5.75 Å². The number of rotatable bonds is 8. The number of halogens is 1. The highest BCUT2D eigenvalue weighted by Crippen LogP contribution is 2.25. The van der Waals surface area contributed by atoms with Crippen LogP contribution in [0.1, 0.15) is 38.9 Å². The molecule has 1 atom stereocenters. The molecule has 0 aromatic heterocycles. The zero-order chi connectivity index (χ0) is 14.3. The summed E-state index contributed by atoms with van der Waals surface area (Å²) in [5.41, 5.74) is 0.460. The highest BCUT2D eigenvalue weighted by Gasteiger charge is 2.10. The molecule has 0 saturated heterocycles. The maximum absolute atomic E-state index is 13.1. The molecule has 0 saturated carbocycles. The van der Waals surface area contributed by atoms with Crippen molar-refractivity contribution in [2.24, 2.45) is 5.92 Å². The second kappa shape index (κ2) is 8.12. The molecular formula is C15H23FO3. The predicted molar refractivity (Wildman–Crippen MR) is 72.8 cm³/mol. The molecule has 108 valence electrons. The summed E-state index contributed by atoms with van der Waals surface area (Å²) in [4.78, 5) is 0. The summed E-state index contributed by atoms with van der Waals surface area (Å²) in [6, 6.07) is 4.14. The van der Waals surface area contributed by atoms with Crippen LogP contribution in [0.25, 0.3) is 0 Å². The molecule has 0 fully saturated rings. The van der Waals surface area contributed by atoms with E-state index in [-0.39, 0.29) is 5.82 Å². The molecular weight excluding hydrogens is 247 g/mol. The number of hydrogen-bond donors (Lipinski definition) is 1. The Morgan fingerprint density at radius 1 is 1.16 bits per heavy atom. The van der Waals surface area contributed by atoms with Crippen LogP contribution in [0.4, 0.5) is 4.39 Å². The van der Waals surface area contributed by atoms with Gasteiger partial charge in [0.25, 0.3) is 0 Å². The molecule has 0 aliphatic rings. The first kappa shape index (κ1) is 15.9. The maximum Gasteiger partial charge on any atom is 0.125 e. The van der Waals surface area contributed by atoms with Gasteiger partial charge in [-0.25, -0.2) is 4.39 Å². The lowest BCUT2D eigenvalue weighted by molar-refractivity contribution is 0.0909. The van der Waals surface area contributed by atoms with E-state index >= 15 is 0 Å². The predicted octanol–water partition coefficient (Wildman–Crippen LogP) is 3.32. The van der Waals surface area contributed by atoms with Crippen LogP contribution < -0.4 is 4.74 Å². The second-order valence-corrected chi connectivity index (χ2v) is 5.00. The van der Waals surface area contributed by atoms with Gasteiger partial charge in [-0.1, -0.05) is 13.8 Å². The lowest BCUT2D eigenvalue weighted by atomic mass is 10.1. The van der Waals surface area contributed by atoms with E-state index < -0.39 is 6.10 Å². The van der Waals surface area contributed by atoms with Crippen molar-refractivity contribution < 1.29 is 19.0 Å². The molecule has 1 N–H and O–H groups in total. The van der Waals surface area contributed by atoms with E-state index in [2.05, 4.69) is 13.8 Å². The molecule has 1 aromatic rings. The van der Waals surface area contributed by atoms with Crippen molar-refractivity contribution in [3.63, 3.8) is 0 Å². The monoisotopic (exact) mass is 270 g/mol. The first-order valence-corrected chi connectivity index (χ1v) is 6.68. The second-order valence-electron chi connectivity index (χ2n) is 5.00. The smallest absolute Gasteiger partial charge is 0.125 e. The van der Waals surface area contributed by atoms with Crippen LogP contribution in [-0.4, -0.2) is 24.9 Å². The minimum atomic E-state index is -0.757. The highest BCUT2D eigenvalue weighted by atomic mass is 19.1. The van der Waals surface area contributed by atoms with Crippen molar-refractivity contribution in [2.75, 3.05) is 19.8 Å². The van der Waals surface area contributed by atoms with Gasteiger partial charge in [-0.05, 0) is 37.5 Å². The molecule has 19 heavy (non-hydrogen) atoms. The molecule has 0 radical (unpaired) electrons. The summed E-state index contributed by atoms with van der Waals surface area (Å²) in [5.74, 6) is 0.750. The van der Waals surface area contributed by atoms with E-state index in [1.807, 2.05) is 0 Å². The zero-order valence-corrected chi connectivity index (χ0v) is 11.9. The molecule has 1 rings (SSSR count). The number of benzene rings is 1. The Morgan fingerprint density at radius 2 is 1.89 bits per heavy atom. The van der Waals surface area contributed by atoms with Crippen LogP contribution in [0, 0.1) is 11.7 Å².